The van der Waals surface area contributed by atoms with E-state index in [1.807, 2.05) is 6.92 Å². The van der Waals surface area contributed by atoms with Crippen LogP contribution in [0.15, 0.2) is 46.9 Å². The van der Waals surface area contributed by atoms with E-state index in [9.17, 15) is 9.59 Å². The zero-order chi connectivity index (χ0) is 18.9. The van der Waals surface area contributed by atoms with Gasteiger partial charge in [-0.25, -0.2) is 0 Å². The highest BCUT2D eigenvalue weighted by molar-refractivity contribution is 9.10. The standard InChI is InChI=1S/C20H23BrN2O3/c1-3-5-12-22-20(25)15-8-6-7-9-17(15)23-19(24)14-10-11-18(26-4-2)16(21)13-14/h6-11,13H,3-5,12H2,1-2H3,(H,22,25)(H,23,24). The largest absolute Gasteiger partial charge is 0.493 e. The third kappa shape index (κ3) is 5.33. The van der Waals surface area contributed by atoms with Crippen LogP contribution in [0.1, 0.15) is 47.4 Å². The van der Waals surface area contributed by atoms with Crippen molar-refractivity contribution in [3.05, 3.63) is 58.1 Å². The Morgan fingerprint density at radius 3 is 2.54 bits per heavy atom. The molecule has 2 amide bonds. The van der Waals surface area contributed by atoms with Gasteiger partial charge in [-0.1, -0.05) is 25.5 Å². The minimum absolute atomic E-state index is 0.192. The van der Waals surface area contributed by atoms with E-state index in [0.717, 1.165) is 12.8 Å². The Morgan fingerprint density at radius 2 is 1.85 bits per heavy atom. The van der Waals surface area contributed by atoms with Gasteiger partial charge in [0.05, 0.1) is 22.3 Å². The molecule has 0 radical (unpaired) electrons. The molecule has 0 aliphatic heterocycles. The Kier molecular flexibility index (Phi) is 7.66. The molecular weight excluding hydrogens is 396 g/mol. The first-order valence-electron chi connectivity index (χ1n) is 8.67. The van der Waals surface area contributed by atoms with Gasteiger partial charge in [-0.3, -0.25) is 9.59 Å². The van der Waals surface area contributed by atoms with E-state index < -0.39 is 0 Å². The summed E-state index contributed by atoms with van der Waals surface area (Å²) < 4.78 is 6.16. The Hall–Kier alpha value is -2.34. The molecule has 6 heteroatoms. The summed E-state index contributed by atoms with van der Waals surface area (Å²) in [7, 11) is 0. The molecule has 0 aromatic heterocycles. The van der Waals surface area contributed by atoms with E-state index in [2.05, 4.69) is 33.5 Å². The smallest absolute Gasteiger partial charge is 0.255 e. The molecule has 2 aromatic rings. The van der Waals surface area contributed by atoms with E-state index in [4.69, 9.17) is 4.74 Å². The Bertz CT molecular complexity index is 777. The second kappa shape index (κ2) is 9.97. The van der Waals surface area contributed by atoms with Crippen molar-refractivity contribution >= 4 is 33.4 Å². The van der Waals surface area contributed by atoms with Gasteiger partial charge in [-0.2, -0.15) is 0 Å². The van der Waals surface area contributed by atoms with Gasteiger partial charge in [-0.15, -0.1) is 0 Å². The third-order valence-corrected chi connectivity index (χ3v) is 4.35. The van der Waals surface area contributed by atoms with Crippen LogP contribution in [-0.2, 0) is 0 Å². The third-order valence-electron chi connectivity index (χ3n) is 3.73. The number of rotatable bonds is 8. The van der Waals surface area contributed by atoms with Crippen LogP contribution < -0.4 is 15.4 Å². The predicted octanol–water partition coefficient (Wildman–Crippen LogP) is 4.63. The van der Waals surface area contributed by atoms with E-state index in [1.165, 1.54) is 0 Å². The molecule has 0 aliphatic carbocycles. The summed E-state index contributed by atoms with van der Waals surface area (Å²) in [4.78, 5) is 24.9. The summed E-state index contributed by atoms with van der Waals surface area (Å²) in [5.74, 6) is 0.199. The highest BCUT2D eigenvalue weighted by atomic mass is 79.9. The zero-order valence-corrected chi connectivity index (χ0v) is 16.6. The van der Waals surface area contributed by atoms with Crippen molar-refractivity contribution in [1.29, 1.82) is 0 Å². The van der Waals surface area contributed by atoms with E-state index in [-0.39, 0.29) is 11.8 Å². The van der Waals surface area contributed by atoms with Crippen LogP contribution in [0.4, 0.5) is 5.69 Å². The second-order valence-electron chi connectivity index (χ2n) is 5.69. The normalized spacial score (nSPS) is 10.3. The number of benzene rings is 2. The fourth-order valence-corrected chi connectivity index (χ4v) is 2.87. The molecule has 0 aliphatic rings. The highest BCUT2D eigenvalue weighted by Crippen LogP contribution is 2.26. The molecular formula is C20H23BrN2O3. The Balaban J connectivity index is 2.14. The van der Waals surface area contributed by atoms with Crippen molar-refractivity contribution in [3.8, 4) is 5.75 Å². The Labute approximate surface area is 162 Å². The molecule has 0 bridgehead atoms. The van der Waals surface area contributed by atoms with Crippen molar-refractivity contribution in [2.75, 3.05) is 18.5 Å². The molecule has 138 valence electrons. The summed E-state index contributed by atoms with van der Waals surface area (Å²) in [6, 6.07) is 12.1. The van der Waals surface area contributed by atoms with Crippen molar-refractivity contribution < 1.29 is 14.3 Å². The van der Waals surface area contributed by atoms with Gasteiger partial charge in [-0.05, 0) is 59.6 Å². The summed E-state index contributed by atoms with van der Waals surface area (Å²) in [5, 5.41) is 5.69. The van der Waals surface area contributed by atoms with Crippen LogP contribution in [0, 0.1) is 0 Å². The van der Waals surface area contributed by atoms with Crippen molar-refractivity contribution in [2.24, 2.45) is 0 Å². The van der Waals surface area contributed by atoms with Crippen LogP contribution in [0.25, 0.3) is 0 Å². The number of amides is 2. The molecule has 5 nitrogen and oxygen atoms in total. The number of para-hydroxylation sites is 1. The average molecular weight is 419 g/mol. The molecule has 0 fully saturated rings. The van der Waals surface area contributed by atoms with Crippen LogP contribution in [0.2, 0.25) is 0 Å². The second-order valence-corrected chi connectivity index (χ2v) is 6.54. The summed E-state index contributed by atoms with van der Waals surface area (Å²) in [6.45, 7) is 5.12. The molecule has 2 aromatic carbocycles. The zero-order valence-electron chi connectivity index (χ0n) is 15.0. The molecule has 26 heavy (non-hydrogen) atoms. The molecule has 0 atom stereocenters. The fraction of sp³-hybridized carbons (Fsp3) is 0.300. The number of nitrogens with one attached hydrogen (secondary N) is 2. The van der Waals surface area contributed by atoms with E-state index in [0.29, 0.717) is 40.2 Å². The molecule has 0 unspecified atom stereocenters. The van der Waals surface area contributed by atoms with Gasteiger partial charge in [0, 0.05) is 12.1 Å². The predicted molar refractivity (Wildman–Crippen MR) is 107 cm³/mol. The molecule has 2 N–H and O–H groups in total. The number of ether oxygens (including phenoxy) is 1. The van der Waals surface area contributed by atoms with Gasteiger partial charge in [0.25, 0.3) is 11.8 Å². The summed E-state index contributed by atoms with van der Waals surface area (Å²) in [5.41, 5.74) is 1.40. The maximum atomic E-state index is 12.6. The number of carbonyl (C=O) groups excluding carboxylic acids is 2. The minimum Gasteiger partial charge on any atom is -0.493 e. The van der Waals surface area contributed by atoms with Crippen molar-refractivity contribution in [1.82, 2.24) is 5.32 Å². The lowest BCUT2D eigenvalue weighted by molar-refractivity contribution is 0.0954. The monoisotopic (exact) mass is 418 g/mol. The van der Waals surface area contributed by atoms with Gasteiger partial charge in [0.15, 0.2) is 0 Å². The van der Waals surface area contributed by atoms with Crippen LogP contribution in [-0.4, -0.2) is 25.0 Å². The topological polar surface area (TPSA) is 67.4 Å². The molecule has 0 spiro atoms. The van der Waals surface area contributed by atoms with E-state index >= 15 is 0 Å². The number of hydrogen-bond acceptors (Lipinski definition) is 3. The van der Waals surface area contributed by atoms with Crippen LogP contribution in [0.3, 0.4) is 0 Å². The lowest BCUT2D eigenvalue weighted by Gasteiger charge is -2.12. The summed E-state index contributed by atoms with van der Waals surface area (Å²) >= 11 is 3.41. The first kappa shape index (κ1) is 20.0. The van der Waals surface area contributed by atoms with Gasteiger partial charge < -0.3 is 15.4 Å². The fourth-order valence-electron chi connectivity index (χ4n) is 2.37. The molecule has 0 saturated heterocycles. The van der Waals surface area contributed by atoms with Crippen molar-refractivity contribution in [2.45, 2.75) is 26.7 Å². The number of unbranched alkanes of at least 4 members (excludes halogenated alkanes) is 1. The highest BCUT2D eigenvalue weighted by Gasteiger charge is 2.14. The lowest BCUT2D eigenvalue weighted by atomic mass is 10.1. The average Bonchev–Trinajstić information content (AvgIpc) is 2.64. The van der Waals surface area contributed by atoms with Gasteiger partial charge in [0.2, 0.25) is 0 Å². The van der Waals surface area contributed by atoms with Crippen LogP contribution >= 0.6 is 15.9 Å². The first-order valence-corrected chi connectivity index (χ1v) is 9.47. The Morgan fingerprint density at radius 1 is 1.08 bits per heavy atom. The van der Waals surface area contributed by atoms with Gasteiger partial charge >= 0.3 is 0 Å². The molecule has 0 heterocycles. The number of hydrogen-bond donors (Lipinski definition) is 2. The maximum Gasteiger partial charge on any atom is 0.255 e. The lowest BCUT2D eigenvalue weighted by Crippen LogP contribution is -2.26. The first-order chi connectivity index (χ1) is 12.6. The number of carbonyl (C=O) groups is 2. The van der Waals surface area contributed by atoms with Crippen LogP contribution in [0.5, 0.6) is 5.75 Å². The van der Waals surface area contributed by atoms with E-state index in [1.54, 1.807) is 42.5 Å². The SMILES string of the molecule is CCCCNC(=O)c1ccccc1NC(=O)c1ccc(OCC)c(Br)c1. The minimum atomic E-state index is -0.289. The summed E-state index contributed by atoms with van der Waals surface area (Å²) in [6.07, 6.45) is 1.92. The van der Waals surface area contributed by atoms with Gasteiger partial charge in [0.1, 0.15) is 5.75 Å². The molecule has 2 rings (SSSR count). The van der Waals surface area contributed by atoms with Crippen molar-refractivity contribution in [3.63, 3.8) is 0 Å². The number of anilines is 1. The molecule has 0 saturated carbocycles. The quantitative estimate of drug-likeness (QED) is 0.613. The maximum absolute atomic E-state index is 12.6. The number of halogens is 1.